The van der Waals surface area contributed by atoms with Crippen LogP contribution in [0, 0.1) is 22.4 Å². The predicted octanol–water partition coefficient (Wildman–Crippen LogP) is 4.06. The molecular weight excluding hydrogens is 301 g/mol. The summed E-state index contributed by atoms with van der Waals surface area (Å²) in [5, 5.41) is 10.6. The van der Waals surface area contributed by atoms with Gasteiger partial charge in [-0.2, -0.15) is 0 Å². The molecule has 0 saturated carbocycles. The highest BCUT2D eigenvalue weighted by Gasteiger charge is 2.17. The molecule has 1 aromatic rings. The van der Waals surface area contributed by atoms with Crippen molar-refractivity contribution < 1.29 is 18.8 Å². The second-order valence-electron chi connectivity index (χ2n) is 4.48. The zero-order valence-corrected chi connectivity index (χ0v) is 12.4. The van der Waals surface area contributed by atoms with E-state index in [2.05, 4.69) is 0 Å². The number of nitrogens with zero attached hydrogens (tertiary/aromatic N) is 1. The maximum absolute atomic E-state index is 13.4. The van der Waals surface area contributed by atoms with Gasteiger partial charge in [0.15, 0.2) is 0 Å². The third-order valence-corrected chi connectivity index (χ3v) is 3.07. The molecule has 7 heteroatoms. The molecule has 0 aliphatic heterocycles. The molecule has 21 heavy (non-hydrogen) atoms. The molecule has 0 atom stereocenters. The standard InChI is InChI=1S/C14H16ClFNO4/c1-10(18)21-7-5-3-2-4-6-11-8-13(16)12(15)9-14(11)17(19)20/h6,8-9H,2-5,7H2,1H3. The Labute approximate surface area is 127 Å². The Hall–Kier alpha value is -1.69. The number of carbonyl (C=O) groups is 1. The van der Waals surface area contributed by atoms with Crippen molar-refractivity contribution in [2.24, 2.45) is 0 Å². The molecule has 0 aliphatic carbocycles. The number of nitro groups is 1. The lowest BCUT2D eigenvalue weighted by Crippen LogP contribution is -2.00. The van der Waals surface area contributed by atoms with Crippen molar-refractivity contribution in [2.75, 3.05) is 6.61 Å². The monoisotopic (exact) mass is 316 g/mol. The lowest BCUT2D eigenvalue weighted by molar-refractivity contribution is -0.385. The average Bonchev–Trinajstić information content (AvgIpc) is 2.40. The van der Waals surface area contributed by atoms with E-state index in [9.17, 15) is 19.3 Å². The summed E-state index contributed by atoms with van der Waals surface area (Å²) in [4.78, 5) is 20.8. The number of ether oxygens (including phenoxy) is 1. The van der Waals surface area contributed by atoms with E-state index in [1.165, 1.54) is 6.92 Å². The molecule has 0 aromatic heterocycles. The van der Waals surface area contributed by atoms with E-state index < -0.39 is 10.7 Å². The molecule has 0 saturated heterocycles. The molecule has 115 valence electrons. The van der Waals surface area contributed by atoms with Gasteiger partial charge in [0.1, 0.15) is 5.82 Å². The number of carbonyl (C=O) groups excluding carboxylic acids is 1. The van der Waals surface area contributed by atoms with Gasteiger partial charge in [0.25, 0.3) is 5.69 Å². The van der Waals surface area contributed by atoms with Crippen molar-refractivity contribution in [1.82, 2.24) is 0 Å². The fourth-order valence-corrected chi connectivity index (χ4v) is 1.93. The van der Waals surface area contributed by atoms with Crippen LogP contribution < -0.4 is 0 Å². The highest BCUT2D eigenvalue weighted by Crippen LogP contribution is 2.28. The molecule has 0 unspecified atom stereocenters. The number of hydrogen-bond donors (Lipinski definition) is 0. The number of hydrogen-bond acceptors (Lipinski definition) is 4. The third-order valence-electron chi connectivity index (χ3n) is 2.78. The van der Waals surface area contributed by atoms with Crippen molar-refractivity contribution in [3.8, 4) is 0 Å². The van der Waals surface area contributed by atoms with E-state index in [-0.39, 0.29) is 22.2 Å². The smallest absolute Gasteiger partial charge is 0.302 e. The first-order chi connectivity index (χ1) is 9.91. The Morgan fingerprint density at radius 1 is 1.43 bits per heavy atom. The van der Waals surface area contributed by atoms with Crippen molar-refractivity contribution in [3.63, 3.8) is 0 Å². The van der Waals surface area contributed by atoms with Crippen LogP contribution in [0.4, 0.5) is 10.1 Å². The minimum atomic E-state index is -0.677. The fourth-order valence-electron chi connectivity index (χ4n) is 1.77. The van der Waals surface area contributed by atoms with Crippen LogP contribution in [0.5, 0.6) is 0 Å². The summed E-state index contributed by atoms with van der Waals surface area (Å²) in [6.45, 7) is 1.72. The maximum Gasteiger partial charge on any atom is 0.302 e. The zero-order valence-electron chi connectivity index (χ0n) is 11.6. The van der Waals surface area contributed by atoms with E-state index >= 15 is 0 Å². The Kier molecular flexibility index (Phi) is 7.08. The number of halogens is 2. The second kappa shape index (κ2) is 8.56. The van der Waals surface area contributed by atoms with Gasteiger partial charge < -0.3 is 4.74 Å². The average molecular weight is 317 g/mol. The number of rotatable bonds is 8. The van der Waals surface area contributed by atoms with Gasteiger partial charge in [-0.1, -0.05) is 24.4 Å². The molecule has 0 aliphatic rings. The van der Waals surface area contributed by atoms with Gasteiger partial charge in [-0.15, -0.1) is 0 Å². The van der Waals surface area contributed by atoms with Gasteiger partial charge >= 0.3 is 5.97 Å². The number of benzene rings is 1. The SMILES string of the molecule is CC(=O)OCCCCC[CH]c1cc(F)c(Cl)cc1[N+](=O)[O-]. The molecule has 0 bridgehead atoms. The third kappa shape index (κ3) is 6.08. The van der Waals surface area contributed by atoms with Crippen LogP contribution in [-0.2, 0) is 9.53 Å². The Bertz CT molecular complexity index is 522. The fraction of sp³-hybridized carbons (Fsp3) is 0.429. The van der Waals surface area contributed by atoms with Crippen LogP contribution >= 0.6 is 11.6 Å². The van der Waals surface area contributed by atoms with E-state index in [1.807, 2.05) is 0 Å². The molecule has 1 radical (unpaired) electrons. The van der Waals surface area contributed by atoms with Crippen LogP contribution in [0.3, 0.4) is 0 Å². The van der Waals surface area contributed by atoms with Gasteiger partial charge in [0, 0.05) is 18.6 Å². The van der Waals surface area contributed by atoms with Crippen LogP contribution in [0.1, 0.15) is 38.2 Å². The zero-order chi connectivity index (χ0) is 15.8. The van der Waals surface area contributed by atoms with Crippen LogP contribution in [-0.4, -0.2) is 17.5 Å². The second-order valence-corrected chi connectivity index (χ2v) is 4.88. The molecule has 5 nitrogen and oxygen atoms in total. The minimum Gasteiger partial charge on any atom is -0.466 e. The van der Waals surface area contributed by atoms with Gasteiger partial charge in [-0.3, -0.25) is 14.9 Å². The van der Waals surface area contributed by atoms with Crippen molar-refractivity contribution in [1.29, 1.82) is 0 Å². The normalized spacial score (nSPS) is 10.4. The van der Waals surface area contributed by atoms with E-state index in [0.29, 0.717) is 13.0 Å². The topological polar surface area (TPSA) is 69.4 Å². The molecule has 1 aromatic carbocycles. The number of nitro benzene ring substituents is 1. The van der Waals surface area contributed by atoms with Crippen LogP contribution in [0.15, 0.2) is 12.1 Å². The van der Waals surface area contributed by atoms with Gasteiger partial charge in [0.05, 0.1) is 16.6 Å². The van der Waals surface area contributed by atoms with Gasteiger partial charge in [-0.25, -0.2) is 4.39 Å². The first kappa shape index (κ1) is 17.4. The van der Waals surface area contributed by atoms with Crippen LogP contribution in [0.2, 0.25) is 5.02 Å². The molecule has 0 amide bonds. The first-order valence-electron chi connectivity index (χ1n) is 6.52. The molecule has 0 N–H and O–H groups in total. The van der Waals surface area contributed by atoms with Gasteiger partial charge in [0.2, 0.25) is 0 Å². The van der Waals surface area contributed by atoms with E-state index in [4.69, 9.17) is 16.3 Å². The maximum atomic E-state index is 13.4. The largest absolute Gasteiger partial charge is 0.466 e. The lowest BCUT2D eigenvalue weighted by atomic mass is 10.0. The van der Waals surface area contributed by atoms with Crippen molar-refractivity contribution >= 4 is 23.3 Å². The Morgan fingerprint density at radius 3 is 2.76 bits per heavy atom. The van der Waals surface area contributed by atoms with E-state index in [1.54, 1.807) is 6.42 Å². The summed E-state index contributed by atoms with van der Waals surface area (Å²) in [5.41, 5.74) is 0.0169. The number of unbranched alkanes of at least 4 members (excludes halogenated alkanes) is 3. The molecular formula is C14H16ClFNO4. The van der Waals surface area contributed by atoms with Crippen molar-refractivity contribution in [2.45, 2.75) is 32.6 Å². The summed E-state index contributed by atoms with van der Waals surface area (Å²) >= 11 is 5.54. The summed E-state index contributed by atoms with van der Waals surface area (Å²) in [7, 11) is 0. The summed E-state index contributed by atoms with van der Waals surface area (Å²) < 4.78 is 18.1. The molecule has 1 rings (SSSR count). The highest BCUT2D eigenvalue weighted by atomic mass is 35.5. The summed E-state index contributed by atoms with van der Waals surface area (Å²) in [6, 6.07) is 2.09. The first-order valence-corrected chi connectivity index (χ1v) is 6.89. The van der Waals surface area contributed by atoms with Crippen LogP contribution in [0.25, 0.3) is 0 Å². The van der Waals surface area contributed by atoms with Crippen molar-refractivity contribution in [3.05, 3.63) is 45.1 Å². The predicted molar refractivity (Wildman–Crippen MR) is 76.6 cm³/mol. The summed E-state index contributed by atoms with van der Waals surface area (Å²) in [5.74, 6) is -0.989. The highest BCUT2D eigenvalue weighted by molar-refractivity contribution is 6.31. The number of esters is 1. The van der Waals surface area contributed by atoms with Gasteiger partial charge in [-0.05, 0) is 25.3 Å². The minimum absolute atomic E-state index is 0.207. The Morgan fingerprint density at radius 2 is 2.14 bits per heavy atom. The molecule has 0 fully saturated rings. The molecule has 0 spiro atoms. The molecule has 0 heterocycles. The lowest BCUT2D eigenvalue weighted by Gasteiger charge is -2.05. The quantitative estimate of drug-likeness (QED) is 0.314. The Balaban J connectivity index is 2.43. The summed E-state index contributed by atoms with van der Waals surface area (Å²) in [6.07, 6.45) is 4.49. The van der Waals surface area contributed by atoms with E-state index in [0.717, 1.165) is 31.4 Å².